The van der Waals surface area contributed by atoms with E-state index in [0.717, 1.165) is 37.2 Å². The molecular formula is C27H33N3O3. The number of hydrogen-bond acceptors (Lipinski definition) is 4. The zero-order chi connectivity index (χ0) is 22.8. The first-order valence-electron chi connectivity index (χ1n) is 12.2. The van der Waals surface area contributed by atoms with Crippen molar-refractivity contribution in [3.05, 3.63) is 64.7 Å². The number of methoxy groups -OCH3 is 1. The van der Waals surface area contributed by atoms with E-state index < -0.39 is 0 Å². The van der Waals surface area contributed by atoms with Gasteiger partial charge in [0.15, 0.2) is 0 Å². The number of rotatable bonds is 4. The lowest BCUT2D eigenvalue weighted by Crippen LogP contribution is -2.56. The summed E-state index contributed by atoms with van der Waals surface area (Å²) in [5, 5.41) is 0. The molecule has 6 heteroatoms. The summed E-state index contributed by atoms with van der Waals surface area (Å²) in [4.78, 5) is 32.6. The van der Waals surface area contributed by atoms with Crippen molar-refractivity contribution >= 4 is 11.8 Å². The molecule has 5 rings (SSSR count). The molecule has 33 heavy (non-hydrogen) atoms. The molecule has 2 amide bonds. The van der Waals surface area contributed by atoms with Crippen LogP contribution in [0.1, 0.15) is 46.3 Å². The molecule has 0 aromatic heterocycles. The molecule has 0 aliphatic carbocycles. The second kappa shape index (κ2) is 9.56. The Morgan fingerprint density at radius 1 is 0.970 bits per heavy atom. The third-order valence-corrected chi connectivity index (χ3v) is 7.45. The zero-order valence-corrected chi connectivity index (χ0v) is 19.5. The van der Waals surface area contributed by atoms with Crippen LogP contribution < -0.4 is 4.74 Å². The minimum Gasteiger partial charge on any atom is -0.496 e. The van der Waals surface area contributed by atoms with Gasteiger partial charge in [0, 0.05) is 38.8 Å². The van der Waals surface area contributed by atoms with Crippen molar-refractivity contribution in [2.45, 2.75) is 44.7 Å². The van der Waals surface area contributed by atoms with Gasteiger partial charge in [0.05, 0.1) is 19.1 Å². The lowest BCUT2D eigenvalue weighted by molar-refractivity contribution is -0.134. The Kier molecular flexibility index (Phi) is 6.36. The summed E-state index contributed by atoms with van der Waals surface area (Å²) in [5.41, 5.74) is 4.09. The van der Waals surface area contributed by atoms with Gasteiger partial charge < -0.3 is 14.5 Å². The lowest BCUT2D eigenvalue weighted by Gasteiger charge is -2.44. The number of ether oxygens (including phenoxy) is 1. The van der Waals surface area contributed by atoms with Gasteiger partial charge >= 0.3 is 0 Å². The number of piperidine rings is 1. The second-order valence-electron chi connectivity index (χ2n) is 9.48. The highest BCUT2D eigenvalue weighted by molar-refractivity contribution is 5.97. The average Bonchev–Trinajstić information content (AvgIpc) is 2.87. The van der Waals surface area contributed by atoms with Gasteiger partial charge in [0.2, 0.25) is 5.91 Å². The predicted molar refractivity (Wildman–Crippen MR) is 127 cm³/mol. The fraction of sp³-hybridized carbons (Fsp3) is 0.481. The Balaban J connectivity index is 1.22. The summed E-state index contributed by atoms with van der Waals surface area (Å²) in [7, 11) is 1.59. The lowest BCUT2D eigenvalue weighted by atomic mass is 9.95. The molecule has 2 aromatic carbocycles. The summed E-state index contributed by atoms with van der Waals surface area (Å²) in [6, 6.07) is 14.3. The first-order valence-corrected chi connectivity index (χ1v) is 12.2. The fourth-order valence-corrected chi connectivity index (χ4v) is 5.55. The summed E-state index contributed by atoms with van der Waals surface area (Å²) in [6.07, 6.45) is 5.06. The average molecular weight is 448 g/mol. The number of carbonyl (C=O) groups is 2. The van der Waals surface area contributed by atoms with Gasteiger partial charge in [-0.3, -0.25) is 14.5 Å². The van der Waals surface area contributed by atoms with Crippen LogP contribution in [0.4, 0.5) is 0 Å². The number of para-hydroxylation sites is 1. The van der Waals surface area contributed by atoms with E-state index in [1.807, 2.05) is 29.2 Å². The molecule has 174 valence electrons. The molecule has 0 radical (unpaired) electrons. The van der Waals surface area contributed by atoms with Gasteiger partial charge in [-0.25, -0.2) is 0 Å². The molecule has 1 unspecified atom stereocenters. The van der Waals surface area contributed by atoms with Crippen LogP contribution in [0, 0.1) is 0 Å². The number of benzene rings is 2. The van der Waals surface area contributed by atoms with E-state index >= 15 is 0 Å². The van der Waals surface area contributed by atoms with Crippen LogP contribution >= 0.6 is 0 Å². The van der Waals surface area contributed by atoms with Crippen molar-refractivity contribution in [3.8, 4) is 5.75 Å². The molecule has 1 atom stereocenters. The Morgan fingerprint density at radius 2 is 1.85 bits per heavy atom. The second-order valence-corrected chi connectivity index (χ2v) is 9.48. The molecule has 2 fully saturated rings. The molecule has 0 bridgehead atoms. The van der Waals surface area contributed by atoms with E-state index in [-0.39, 0.29) is 11.8 Å². The standard InChI is InChI=1S/C27H33N3O3/c1-33-25-8-3-2-7-24(25)27(32)30-13-11-21-16-20(9-10-22(21)18-30)17-26(31)29-15-14-28-12-5-4-6-23(28)19-29/h2-3,7-10,16,23H,4-6,11-15,17-19H2,1H3. The van der Waals surface area contributed by atoms with Crippen LogP contribution in [0.3, 0.4) is 0 Å². The van der Waals surface area contributed by atoms with Crippen LogP contribution in [0.25, 0.3) is 0 Å². The number of amides is 2. The fourth-order valence-electron chi connectivity index (χ4n) is 5.55. The summed E-state index contributed by atoms with van der Waals surface area (Å²) >= 11 is 0. The minimum atomic E-state index is -0.000732. The van der Waals surface area contributed by atoms with Gasteiger partial charge in [-0.15, -0.1) is 0 Å². The van der Waals surface area contributed by atoms with Crippen LogP contribution in [-0.2, 0) is 24.2 Å². The predicted octanol–water partition coefficient (Wildman–Crippen LogP) is 3.13. The van der Waals surface area contributed by atoms with Crippen LogP contribution in [-0.4, -0.2) is 72.4 Å². The molecule has 6 nitrogen and oxygen atoms in total. The Hall–Kier alpha value is -2.86. The molecule has 3 aliphatic heterocycles. The maximum Gasteiger partial charge on any atom is 0.257 e. The highest BCUT2D eigenvalue weighted by Gasteiger charge is 2.31. The molecule has 3 heterocycles. The summed E-state index contributed by atoms with van der Waals surface area (Å²) in [6.45, 7) is 5.18. The smallest absolute Gasteiger partial charge is 0.257 e. The number of nitrogens with zero attached hydrogens (tertiary/aromatic N) is 3. The number of hydrogen-bond donors (Lipinski definition) is 0. The number of piperazine rings is 1. The van der Waals surface area contributed by atoms with Crippen LogP contribution in [0.5, 0.6) is 5.75 Å². The molecule has 0 N–H and O–H groups in total. The number of fused-ring (bicyclic) bond motifs is 2. The van der Waals surface area contributed by atoms with E-state index in [2.05, 4.69) is 28.0 Å². The normalized spacial score (nSPS) is 20.7. The monoisotopic (exact) mass is 447 g/mol. The van der Waals surface area contributed by atoms with Crippen molar-refractivity contribution in [1.29, 1.82) is 0 Å². The minimum absolute atomic E-state index is 0.000732. The van der Waals surface area contributed by atoms with Crippen molar-refractivity contribution < 1.29 is 14.3 Å². The topological polar surface area (TPSA) is 53.1 Å². The maximum absolute atomic E-state index is 13.1. The maximum atomic E-state index is 13.1. The van der Waals surface area contributed by atoms with E-state index in [4.69, 9.17) is 4.74 Å². The van der Waals surface area contributed by atoms with E-state index in [0.29, 0.717) is 36.9 Å². The van der Waals surface area contributed by atoms with Crippen LogP contribution in [0.15, 0.2) is 42.5 Å². The zero-order valence-electron chi connectivity index (χ0n) is 19.5. The van der Waals surface area contributed by atoms with Gasteiger partial charge in [-0.1, -0.05) is 36.8 Å². The van der Waals surface area contributed by atoms with E-state index in [1.165, 1.54) is 31.4 Å². The van der Waals surface area contributed by atoms with Gasteiger partial charge in [0.1, 0.15) is 5.75 Å². The SMILES string of the molecule is COc1ccccc1C(=O)N1CCc2cc(CC(=O)N3CCN4CCCCC4C3)ccc2C1. The third kappa shape index (κ3) is 4.62. The Morgan fingerprint density at radius 3 is 2.73 bits per heavy atom. The first kappa shape index (κ1) is 22.0. The highest BCUT2D eigenvalue weighted by Crippen LogP contribution is 2.26. The molecule has 0 saturated carbocycles. The van der Waals surface area contributed by atoms with Crippen molar-refractivity contribution in [3.63, 3.8) is 0 Å². The molecule has 2 saturated heterocycles. The molecule has 3 aliphatic rings. The largest absolute Gasteiger partial charge is 0.496 e. The highest BCUT2D eigenvalue weighted by atomic mass is 16.5. The van der Waals surface area contributed by atoms with Crippen LogP contribution in [0.2, 0.25) is 0 Å². The quantitative estimate of drug-likeness (QED) is 0.723. The molecule has 2 aromatic rings. The Bertz CT molecular complexity index is 1040. The van der Waals surface area contributed by atoms with E-state index in [1.54, 1.807) is 7.11 Å². The van der Waals surface area contributed by atoms with Gasteiger partial charge in [0.25, 0.3) is 5.91 Å². The Labute approximate surface area is 196 Å². The van der Waals surface area contributed by atoms with Crippen molar-refractivity contribution in [1.82, 2.24) is 14.7 Å². The van der Waals surface area contributed by atoms with Gasteiger partial charge in [-0.2, -0.15) is 0 Å². The third-order valence-electron chi connectivity index (χ3n) is 7.45. The molecular weight excluding hydrogens is 414 g/mol. The van der Waals surface area contributed by atoms with Gasteiger partial charge in [-0.05, 0) is 54.6 Å². The van der Waals surface area contributed by atoms with Crippen molar-refractivity contribution in [2.24, 2.45) is 0 Å². The molecule has 0 spiro atoms. The van der Waals surface area contributed by atoms with E-state index in [9.17, 15) is 9.59 Å². The summed E-state index contributed by atoms with van der Waals surface area (Å²) in [5.74, 6) is 0.847. The number of carbonyl (C=O) groups excluding carboxylic acids is 2. The first-order chi connectivity index (χ1) is 16.1. The summed E-state index contributed by atoms with van der Waals surface area (Å²) < 4.78 is 5.37. The van der Waals surface area contributed by atoms with Crippen molar-refractivity contribution in [2.75, 3.05) is 39.8 Å².